The summed E-state index contributed by atoms with van der Waals surface area (Å²) in [7, 11) is -2.63. The highest BCUT2D eigenvalue weighted by molar-refractivity contribution is 7.92. The molecule has 0 unspecified atom stereocenters. The van der Waals surface area contributed by atoms with Crippen molar-refractivity contribution in [1.29, 1.82) is 0 Å². The zero-order valence-electron chi connectivity index (χ0n) is 23.4. The van der Waals surface area contributed by atoms with Crippen LogP contribution in [0.15, 0.2) is 77.7 Å². The van der Waals surface area contributed by atoms with Gasteiger partial charge in [0.2, 0.25) is 11.8 Å². The van der Waals surface area contributed by atoms with Crippen LogP contribution < -0.4 is 14.4 Å². The number of rotatable bonds is 12. The Morgan fingerprint density at radius 3 is 2.10 bits per heavy atom. The van der Waals surface area contributed by atoms with Gasteiger partial charge >= 0.3 is 0 Å². The van der Waals surface area contributed by atoms with Crippen LogP contribution in [0.5, 0.6) is 5.75 Å². The van der Waals surface area contributed by atoms with Crippen LogP contribution in [0.4, 0.5) is 5.69 Å². The molecule has 10 heteroatoms. The van der Waals surface area contributed by atoms with E-state index in [2.05, 4.69) is 5.32 Å². The maximum absolute atomic E-state index is 13.9. The van der Waals surface area contributed by atoms with E-state index >= 15 is 0 Å². The van der Waals surface area contributed by atoms with Crippen LogP contribution in [-0.4, -0.2) is 50.9 Å². The van der Waals surface area contributed by atoms with Gasteiger partial charge in [-0.05, 0) is 81.3 Å². The third kappa shape index (κ3) is 7.76. The Morgan fingerprint density at radius 2 is 1.55 bits per heavy atom. The molecule has 1 N–H and O–H groups in total. The maximum Gasteiger partial charge on any atom is 0.264 e. The number of halogens is 1. The van der Waals surface area contributed by atoms with Crippen LogP contribution in [0.2, 0.25) is 5.02 Å². The third-order valence-electron chi connectivity index (χ3n) is 6.68. The highest BCUT2D eigenvalue weighted by Gasteiger charge is 2.32. The lowest BCUT2D eigenvalue weighted by molar-refractivity contribution is -0.139. The van der Waals surface area contributed by atoms with E-state index in [0.29, 0.717) is 10.8 Å². The summed E-state index contributed by atoms with van der Waals surface area (Å²) < 4.78 is 34.0. The summed E-state index contributed by atoms with van der Waals surface area (Å²) >= 11 is 6.05. The van der Waals surface area contributed by atoms with Gasteiger partial charge in [-0.3, -0.25) is 13.9 Å². The van der Waals surface area contributed by atoms with Crippen molar-refractivity contribution < 1.29 is 22.7 Å². The van der Waals surface area contributed by atoms with Gasteiger partial charge in [0.1, 0.15) is 18.3 Å². The number of carbonyl (C=O) groups excluding carboxylic acids is 2. The summed E-state index contributed by atoms with van der Waals surface area (Å²) in [5.41, 5.74) is 1.94. The normalized spacial score (nSPS) is 12.8. The topological polar surface area (TPSA) is 96.0 Å². The zero-order chi connectivity index (χ0) is 29.4. The van der Waals surface area contributed by atoms with E-state index in [1.165, 1.54) is 24.1 Å². The molecule has 0 bridgehead atoms. The van der Waals surface area contributed by atoms with Crippen molar-refractivity contribution >= 4 is 39.1 Å². The number of amides is 2. The lowest BCUT2D eigenvalue weighted by Gasteiger charge is -2.32. The molecule has 3 rings (SSSR count). The smallest absolute Gasteiger partial charge is 0.264 e. The lowest BCUT2D eigenvalue weighted by Crippen LogP contribution is -2.52. The fourth-order valence-electron chi connectivity index (χ4n) is 3.95. The van der Waals surface area contributed by atoms with Gasteiger partial charge in [0.15, 0.2) is 0 Å². The first-order chi connectivity index (χ1) is 19.0. The number of hydrogen-bond acceptors (Lipinski definition) is 5. The number of methoxy groups -OCH3 is 1. The van der Waals surface area contributed by atoms with Crippen LogP contribution >= 0.6 is 11.6 Å². The molecule has 3 aromatic carbocycles. The van der Waals surface area contributed by atoms with Crippen LogP contribution in [0.3, 0.4) is 0 Å². The van der Waals surface area contributed by atoms with Gasteiger partial charge in [0.05, 0.1) is 17.7 Å². The third-order valence-corrected chi connectivity index (χ3v) is 8.72. The fraction of sp³-hybridized carbons (Fsp3) is 0.333. The van der Waals surface area contributed by atoms with Crippen molar-refractivity contribution in [2.75, 3.05) is 18.0 Å². The zero-order valence-corrected chi connectivity index (χ0v) is 25.0. The van der Waals surface area contributed by atoms with E-state index in [4.69, 9.17) is 16.3 Å². The molecule has 0 saturated heterocycles. The molecule has 0 heterocycles. The number of nitrogens with one attached hydrogen (secondary N) is 1. The monoisotopic (exact) mass is 585 g/mol. The van der Waals surface area contributed by atoms with Gasteiger partial charge in [0.25, 0.3) is 10.0 Å². The predicted octanol–water partition coefficient (Wildman–Crippen LogP) is 5.18. The average molecular weight is 586 g/mol. The molecule has 0 radical (unpaired) electrons. The molecular formula is C30H36ClN3O5S. The summed E-state index contributed by atoms with van der Waals surface area (Å²) in [4.78, 5) is 28.5. The number of benzene rings is 3. The number of anilines is 1. The summed E-state index contributed by atoms with van der Waals surface area (Å²) in [5.74, 6) is -0.315. The number of aryl methyl sites for hydroxylation is 1. The van der Waals surface area contributed by atoms with E-state index in [9.17, 15) is 18.0 Å². The minimum absolute atomic E-state index is 0.0496. The van der Waals surface area contributed by atoms with Crippen molar-refractivity contribution in [1.82, 2.24) is 10.2 Å². The molecule has 214 valence electrons. The number of nitrogens with zero attached hydrogens (tertiary/aromatic N) is 2. The second kappa shape index (κ2) is 13.7. The van der Waals surface area contributed by atoms with Crippen LogP contribution in [-0.2, 0) is 26.2 Å². The van der Waals surface area contributed by atoms with E-state index in [1.54, 1.807) is 67.6 Å². The van der Waals surface area contributed by atoms with Gasteiger partial charge in [-0.25, -0.2) is 8.42 Å². The summed E-state index contributed by atoms with van der Waals surface area (Å²) in [6.07, 6.45) is 0.726. The molecular weight excluding hydrogens is 550 g/mol. The van der Waals surface area contributed by atoms with E-state index in [-0.39, 0.29) is 29.1 Å². The van der Waals surface area contributed by atoms with Crippen molar-refractivity contribution in [2.24, 2.45) is 0 Å². The van der Waals surface area contributed by atoms with Gasteiger partial charge < -0.3 is 15.0 Å². The minimum Gasteiger partial charge on any atom is -0.497 e. The molecule has 0 aliphatic carbocycles. The maximum atomic E-state index is 13.9. The lowest BCUT2D eigenvalue weighted by atomic mass is 10.1. The van der Waals surface area contributed by atoms with Crippen molar-refractivity contribution in [2.45, 2.75) is 57.6 Å². The molecule has 0 saturated carbocycles. The Hall–Kier alpha value is -3.56. The number of ether oxygens (including phenoxy) is 1. The van der Waals surface area contributed by atoms with Gasteiger partial charge in [0, 0.05) is 17.6 Å². The SMILES string of the molecule is CC[C@H](C)NC(=O)[C@@H](C)N(Cc1ccc(Cl)cc1)C(=O)CN(c1ccc(OC)cc1)S(=O)(=O)c1ccc(C)cc1. The Kier molecular flexibility index (Phi) is 10.6. The van der Waals surface area contributed by atoms with Crippen molar-refractivity contribution in [3.63, 3.8) is 0 Å². The van der Waals surface area contributed by atoms with Crippen molar-refractivity contribution in [3.8, 4) is 5.75 Å². The highest BCUT2D eigenvalue weighted by atomic mass is 35.5. The average Bonchev–Trinajstić information content (AvgIpc) is 2.95. The number of carbonyl (C=O) groups is 2. The Bertz CT molecular complexity index is 1390. The largest absolute Gasteiger partial charge is 0.497 e. The number of hydrogen-bond donors (Lipinski definition) is 1. The molecule has 2 amide bonds. The van der Waals surface area contributed by atoms with Crippen molar-refractivity contribution in [3.05, 3.63) is 88.9 Å². The first kappa shape index (κ1) is 31.0. The molecule has 0 spiro atoms. The molecule has 0 fully saturated rings. The molecule has 40 heavy (non-hydrogen) atoms. The molecule has 2 atom stereocenters. The number of sulfonamides is 1. The molecule has 0 aromatic heterocycles. The predicted molar refractivity (Wildman–Crippen MR) is 158 cm³/mol. The van der Waals surface area contributed by atoms with Gasteiger partial charge in [-0.15, -0.1) is 0 Å². The minimum atomic E-state index is -4.14. The van der Waals surface area contributed by atoms with Crippen LogP contribution in [0, 0.1) is 6.92 Å². The standard InChI is InChI=1S/C30H36ClN3O5S/c1-6-22(3)32-30(36)23(4)33(19-24-9-11-25(31)12-10-24)29(35)20-34(26-13-15-27(39-5)16-14-26)40(37,38)28-17-7-21(2)8-18-28/h7-18,22-23H,6,19-20H2,1-5H3,(H,32,36)/t22-,23+/m0/s1. The Labute approximate surface area is 241 Å². The fourth-order valence-corrected chi connectivity index (χ4v) is 5.49. The summed E-state index contributed by atoms with van der Waals surface area (Å²) in [6.45, 7) is 6.91. The van der Waals surface area contributed by atoms with Crippen LogP contribution in [0.1, 0.15) is 38.3 Å². The second-order valence-electron chi connectivity index (χ2n) is 9.66. The van der Waals surface area contributed by atoms with E-state index in [1.807, 2.05) is 20.8 Å². The van der Waals surface area contributed by atoms with E-state index < -0.39 is 28.5 Å². The first-order valence-electron chi connectivity index (χ1n) is 13.0. The Balaban J connectivity index is 2.02. The Morgan fingerprint density at radius 1 is 0.950 bits per heavy atom. The second-order valence-corrected chi connectivity index (χ2v) is 12.0. The summed E-state index contributed by atoms with van der Waals surface area (Å²) in [5, 5.41) is 3.46. The van der Waals surface area contributed by atoms with Gasteiger partial charge in [-0.1, -0.05) is 48.4 Å². The molecule has 0 aliphatic heterocycles. The molecule has 3 aromatic rings. The van der Waals surface area contributed by atoms with Crippen LogP contribution in [0.25, 0.3) is 0 Å². The molecule has 8 nitrogen and oxygen atoms in total. The first-order valence-corrected chi connectivity index (χ1v) is 14.9. The van der Waals surface area contributed by atoms with E-state index in [0.717, 1.165) is 21.9 Å². The van der Waals surface area contributed by atoms with Gasteiger partial charge in [-0.2, -0.15) is 0 Å². The quantitative estimate of drug-likeness (QED) is 0.316. The summed E-state index contributed by atoms with van der Waals surface area (Å²) in [6, 6.07) is 18.9. The highest BCUT2D eigenvalue weighted by Crippen LogP contribution is 2.27. The molecule has 0 aliphatic rings.